The first-order valence-electron chi connectivity index (χ1n) is 8.13. The molecular formula is C21H18N2O3. The third-order valence-electron chi connectivity index (χ3n) is 3.71. The topological polar surface area (TPSA) is 60.5 Å². The van der Waals surface area contributed by atoms with Gasteiger partial charge < -0.3 is 14.8 Å². The van der Waals surface area contributed by atoms with Crippen LogP contribution < -0.4 is 14.8 Å². The van der Waals surface area contributed by atoms with Gasteiger partial charge in [0.15, 0.2) is 0 Å². The molecule has 3 aromatic rings. The van der Waals surface area contributed by atoms with E-state index >= 15 is 0 Å². The summed E-state index contributed by atoms with van der Waals surface area (Å²) in [7, 11) is 1.53. The fourth-order valence-corrected chi connectivity index (χ4v) is 2.47. The third kappa shape index (κ3) is 4.11. The number of hydrogen-bond acceptors (Lipinski definition) is 4. The minimum absolute atomic E-state index is 0.222. The second-order valence-electron chi connectivity index (χ2n) is 5.36. The lowest BCUT2D eigenvalue weighted by atomic mass is 10.2. The lowest BCUT2D eigenvalue weighted by molar-refractivity contribution is 0.0955. The van der Waals surface area contributed by atoms with E-state index in [2.05, 4.69) is 22.1 Å². The van der Waals surface area contributed by atoms with E-state index in [0.29, 0.717) is 17.1 Å². The predicted octanol–water partition coefficient (Wildman–Crippen LogP) is 3.06. The molecule has 0 saturated carbocycles. The second-order valence-corrected chi connectivity index (χ2v) is 5.36. The summed E-state index contributed by atoms with van der Waals surface area (Å²) in [5, 5.41) is 3.76. The van der Waals surface area contributed by atoms with Gasteiger partial charge in [-0.2, -0.15) is 0 Å². The maximum absolute atomic E-state index is 12.1. The van der Waals surface area contributed by atoms with Crippen LogP contribution in [0.25, 0.3) is 10.9 Å². The Morgan fingerprint density at radius 2 is 1.85 bits per heavy atom. The second kappa shape index (κ2) is 8.54. The smallest absolute Gasteiger partial charge is 0.255 e. The van der Waals surface area contributed by atoms with E-state index in [4.69, 9.17) is 9.47 Å². The summed E-state index contributed by atoms with van der Waals surface area (Å²) >= 11 is 0. The van der Waals surface area contributed by atoms with Crippen LogP contribution in [0.5, 0.6) is 11.5 Å². The molecule has 2 aromatic carbocycles. The summed E-state index contributed by atoms with van der Waals surface area (Å²) in [5.41, 5.74) is 1.29. The van der Waals surface area contributed by atoms with Crippen LogP contribution in [0.3, 0.4) is 0 Å². The lowest BCUT2D eigenvalue weighted by Crippen LogP contribution is -2.24. The number of methoxy groups -OCH3 is 1. The number of nitrogens with zero attached hydrogens (tertiary/aromatic N) is 1. The van der Waals surface area contributed by atoms with Crippen LogP contribution in [0.15, 0.2) is 60.8 Å². The van der Waals surface area contributed by atoms with Crippen molar-refractivity contribution >= 4 is 16.8 Å². The van der Waals surface area contributed by atoms with Crippen molar-refractivity contribution in [1.29, 1.82) is 0 Å². The summed E-state index contributed by atoms with van der Waals surface area (Å²) in [4.78, 5) is 16.5. The molecule has 0 aliphatic heterocycles. The highest BCUT2D eigenvalue weighted by Gasteiger charge is 2.09. The summed E-state index contributed by atoms with van der Waals surface area (Å²) in [6.07, 6.45) is 1.73. The number of hydrogen-bond donors (Lipinski definition) is 1. The van der Waals surface area contributed by atoms with Crippen molar-refractivity contribution in [2.75, 3.05) is 20.3 Å². The zero-order valence-corrected chi connectivity index (χ0v) is 14.4. The first-order valence-corrected chi connectivity index (χ1v) is 8.13. The number of ether oxygens (including phenoxy) is 2. The molecule has 0 fully saturated rings. The van der Waals surface area contributed by atoms with E-state index in [-0.39, 0.29) is 19.1 Å². The average molecular weight is 346 g/mol. The van der Waals surface area contributed by atoms with Crippen LogP contribution in [0.2, 0.25) is 0 Å². The van der Waals surface area contributed by atoms with Gasteiger partial charge in [-0.3, -0.25) is 9.78 Å². The van der Waals surface area contributed by atoms with E-state index in [1.807, 2.05) is 36.4 Å². The molecule has 26 heavy (non-hydrogen) atoms. The molecule has 0 unspecified atom stereocenters. The van der Waals surface area contributed by atoms with Crippen molar-refractivity contribution < 1.29 is 14.3 Å². The number of aromatic nitrogens is 1. The van der Waals surface area contributed by atoms with Gasteiger partial charge in [-0.05, 0) is 24.3 Å². The number of fused-ring (bicyclic) bond motifs is 1. The van der Waals surface area contributed by atoms with E-state index < -0.39 is 0 Å². The fourth-order valence-electron chi connectivity index (χ4n) is 2.47. The van der Waals surface area contributed by atoms with Crippen molar-refractivity contribution in [3.05, 3.63) is 66.4 Å². The molecule has 3 rings (SSSR count). The maximum atomic E-state index is 12.1. The Balaban J connectivity index is 1.52. The van der Waals surface area contributed by atoms with Crippen molar-refractivity contribution in [1.82, 2.24) is 10.3 Å². The Kier molecular flexibility index (Phi) is 5.69. The molecule has 0 radical (unpaired) electrons. The van der Waals surface area contributed by atoms with Gasteiger partial charge in [-0.25, -0.2) is 0 Å². The predicted molar refractivity (Wildman–Crippen MR) is 100 cm³/mol. The number of carbonyl (C=O) groups excluding carboxylic acids is 1. The first-order chi connectivity index (χ1) is 12.8. The highest BCUT2D eigenvalue weighted by molar-refractivity contribution is 5.97. The Hall–Kier alpha value is -3.52. The molecule has 0 aliphatic carbocycles. The molecular weight excluding hydrogens is 328 g/mol. The van der Waals surface area contributed by atoms with Gasteiger partial charge in [0, 0.05) is 11.6 Å². The monoisotopic (exact) mass is 346 g/mol. The number of nitrogens with one attached hydrogen (secondary N) is 1. The van der Waals surface area contributed by atoms with Gasteiger partial charge in [0.25, 0.3) is 5.91 Å². The fraction of sp³-hybridized carbons (Fsp3) is 0.143. The molecule has 0 aliphatic rings. The van der Waals surface area contributed by atoms with Gasteiger partial charge >= 0.3 is 0 Å². The van der Waals surface area contributed by atoms with Crippen molar-refractivity contribution in [3.8, 4) is 23.3 Å². The summed E-state index contributed by atoms with van der Waals surface area (Å²) in [6.45, 7) is 0.453. The molecule has 0 atom stereocenters. The van der Waals surface area contributed by atoms with Crippen LogP contribution in [0, 0.1) is 11.8 Å². The molecule has 5 nitrogen and oxygen atoms in total. The van der Waals surface area contributed by atoms with Crippen LogP contribution in [0.1, 0.15) is 10.4 Å². The number of carbonyl (C=O) groups is 1. The Morgan fingerprint density at radius 3 is 2.73 bits per heavy atom. The maximum Gasteiger partial charge on any atom is 0.255 e. The number of benzene rings is 2. The van der Waals surface area contributed by atoms with Crippen molar-refractivity contribution in [2.45, 2.75) is 0 Å². The summed E-state index contributed by atoms with van der Waals surface area (Å²) < 4.78 is 10.9. The van der Waals surface area contributed by atoms with Crippen LogP contribution >= 0.6 is 0 Å². The molecule has 5 heteroatoms. The minimum Gasteiger partial charge on any atom is -0.496 e. The molecule has 130 valence electrons. The quantitative estimate of drug-likeness (QED) is 0.722. The number of rotatable bonds is 5. The molecule has 0 bridgehead atoms. The lowest BCUT2D eigenvalue weighted by Gasteiger charge is -2.07. The third-order valence-corrected chi connectivity index (χ3v) is 3.71. The van der Waals surface area contributed by atoms with Crippen molar-refractivity contribution in [2.24, 2.45) is 0 Å². The van der Waals surface area contributed by atoms with Crippen LogP contribution in [-0.2, 0) is 0 Å². The Morgan fingerprint density at radius 1 is 1.04 bits per heavy atom. The number of amides is 1. The first kappa shape index (κ1) is 17.3. The molecule has 1 aromatic heterocycles. The molecule has 0 saturated heterocycles. The van der Waals surface area contributed by atoms with Gasteiger partial charge in [0.05, 0.1) is 19.2 Å². The summed E-state index contributed by atoms with van der Waals surface area (Å²) in [5.74, 6) is 6.76. The largest absolute Gasteiger partial charge is 0.496 e. The van der Waals surface area contributed by atoms with Crippen LogP contribution in [-0.4, -0.2) is 31.2 Å². The zero-order valence-electron chi connectivity index (χ0n) is 14.4. The van der Waals surface area contributed by atoms with E-state index in [1.54, 1.807) is 24.4 Å². The van der Waals surface area contributed by atoms with E-state index in [9.17, 15) is 4.79 Å². The van der Waals surface area contributed by atoms with E-state index in [0.717, 1.165) is 10.9 Å². The standard InChI is InChI=1S/C21H18N2O3/c1-25-18-11-3-2-10-17(18)21(24)23-13-4-5-15-26-19-12-6-8-16-9-7-14-22-20(16)19/h2-3,6-12,14H,13,15H2,1H3,(H,23,24). The SMILES string of the molecule is COc1ccccc1C(=O)NCC#CCOc1cccc2cccnc12. The minimum atomic E-state index is -0.226. The number of pyridine rings is 1. The molecule has 1 heterocycles. The average Bonchev–Trinajstić information content (AvgIpc) is 2.70. The Labute approximate surface area is 152 Å². The van der Waals surface area contributed by atoms with Gasteiger partial charge in [-0.15, -0.1) is 0 Å². The van der Waals surface area contributed by atoms with Crippen molar-refractivity contribution in [3.63, 3.8) is 0 Å². The molecule has 0 spiro atoms. The zero-order chi connectivity index (χ0) is 18.2. The molecule has 1 N–H and O–H groups in total. The normalized spacial score (nSPS) is 9.88. The highest BCUT2D eigenvalue weighted by Crippen LogP contribution is 2.22. The van der Waals surface area contributed by atoms with Gasteiger partial charge in [0.2, 0.25) is 0 Å². The van der Waals surface area contributed by atoms with Crippen LogP contribution in [0.4, 0.5) is 0 Å². The van der Waals surface area contributed by atoms with Gasteiger partial charge in [0.1, 0.15) is 23.6 Å². The number of para-hydroxylation sites is 2. The Bertz CT molecular complexity index is 968. The summed E-state index contributed by atoms with van der Waals surface area (Å²) in [6, 6.07) is 16.7. The highest BCUT2D eigenvalue weighted by atomic mass is 16.5. The molecule has 1 amide bonds. The van der Waals surface area contributed by atoms with E-state index in [1.165, 1.54) is 7.11 Å². The van der Waals surface area contributed by atoms with Gasteiger partial charge in [-0.1, -0.05) is 42.2 Å².